The van der Waals surface area contributed by atoms with Crippen molar-refractivity contribution >= 4 is 5.78 Å². The Labute approximate surface area is 130 Å². The first kappa shape index (κ1) is 18.6. The maximum Gasteiger partial charge on any atom is 0.136 e. The molecule has 1 fully saturated rings. The van der Waals surface area contributed by atoms with Crippen molar-refractivity contribution in [1.82, 2.24) is 9.80 Å². The minimum absolute atomic E-state index is 0.180. The van der Waals surface area contributed by atoms with Gasteiger partial charge in [-0.1, -0.05) is 13.8 Å². The Morgan fingerprint density at radius 1 is 0.952 bits per heavy atom. The predicted molar refractivity (Wildman–Crippen MR) is 87.7 cm³/mol. The van der Waals surface area contributed by atoms with Crippen molar-refractivity contribution in [2.24, 2.45) is 5.92 Å². The molecule has 0 atom stereocenters. The number of carbonyl (C=O) groups excluding carboxylic acids is 1. The number of hydrogen-bond donors (Lipinski definition) is 0. The summed E-state index contributed by atoms with van der Waals surface area (Å²) in [6, 6.07) is 0. The summed E-state index contributed by atoms with van der Waals surface area (Å²) < 4.78 is 5.56. The lowest BCUT2D eigenvalue weighted by Crippen LogP contribution is -2.47. The summed E-state index contributed by atoms with van der Waals surface area (Å²) in [5.41, 5.74) is 0. The van der Waals surface area contributed by atoms with Gasteiger partial charge in [-0.15, -0.1) is 0 Å². The van der Waals surface area contributed by atoms with E-state index in [4.69, 9.17) is 4.74 Å². The third-order valence-corrected chi connectivity index (χ3v) is 4.10. The summed E-state index contributed by atoms with van der Waals surface area (Å²) in [5.74, 6) is 0.571. The number of ether oxygens (including phenoxy) is 1. The normalized spacial score (nSPS) is 17.8. The molecule has 0 bridgehead atoms. The lowest BCUT2D eigenvalue weighted by molar-refractivity contribution is -0.122. The number of piperazine rings is 1. The number of hydrogen-bond acceptors (Lipinski definition) is 4. The maximum absolute atomic E-state index is 11.7. The Bertz CT molecular complexity index is 285. The first-order valence-corrected chi connectivity index (χ1v) is 8.58. The number of unbranched alkanes of at least 4 members (excludes halogenated alkanes) is 1. The van der Waals surface area contributed by atoms with Crippen LogP contribution in [0.15, 0.2) is 0 Å². The molecule has 0 N–H and O–H groups in total. The molecule has 0 amide bonds. The summed E-state index contributed by atoms with van der Waals surface area (Å²) in [6.45, 7) is 15.6. The van der Waals surface area contributed by atoms with Gasteiger partial charge in [0.2, 0.25) is 0 Å². The van der Waals surface area contributed by atoms with E-state index < -0.39 is 0 Å². The van der Waals surface area contributed by atoms with Crippen LogP contribution >= 0.6 is 0 Å². The van der Waals surface area contributed by atoms with Gasteiger partial charge >= 0.3 is 0 Å². The largest absolute Gasteiger partial charge is 0.379 e. The lowest BCUT2D eigenvalue weighted by Gasteiger charge is -2.34. The lowest BCUT2D eigenvalue weighted by atomic mass is 10.1. The average Bonchev–Trinajstić information content (AvgIpc) is 2.45. The second-order valence-electron chi connectivity index (χ2n) is 6.68. The number of Topliss-reactive ketones (excluding diaryl/α,β-unsaturated/α-hetero) is 1. The second-order valence-corrected chi connectivity index (χ2v) is 6.68. The highest BCUT2D eigenvalue weighted by molar-refractivity contribution is 5.80. The highest BCUT2D eigenvalue weighted by Gasteiger charge is 2.17. The summed E-state index contributed by atoms with van der Waals surface area (Å²) in [5, 5.41) is 0. The van der Waals surface area contributed by atoms with Crippen LogP contribution in [-0.2, 0) is 9.53 Å². The van der Waals surface area contributed by atoms with Crippen LogP contribution in [0.2, 0.25) is 0 Å². The average molecular weight is 298 g/mol. The van der Waals surface area contributed by atoms with E-state index in [2.05, 4.69) is 23.6 Å². The molecule has 1 heterocycles. The summed E-state index contributed by atoms with van der Waals surface area (Å²) in [7, 11) is 0. The van der Waals surface area contributed by atoms with Gasteiger partial charge in [-0.3, -0.25) is 4.79 Å². The molecule has 21 heavy (non-hydrogen) atoms. The molecule has 0 unspecified atom stereocenters. The van der Waals surface area contributed by atoms with Gasteiger partial charge in [-0.05, 0) is 33.2 Å². The SMILES string of the molecule is CC(C)OCCCCN1CCN(CCC(=O)C(C)C)CC1. The highest BCUT2D eigenvalue weighted by atomic mass is 16.5. The van der Waals surface area contributed by atoms with E-state index >= 15 is 0 Å². The van der Waals surface area contributed by atoms with Crippen molar-refractivity contribution in [3.63, 3.8) is 0 Å². The number of nitrogens with zero attached hydrogens (tertiary/aromatic N) is 2. The molecular formula is C17H34N2O2. The Hall–Kier alpha value is -0.450. The van der Waals surface area contributed by atoms with Gasteiger partial charge < -0.3 is 14.5 Å². The first-order chi connectivity index (χ1) is 9.99. The molecule has 1 saturated heterocycles. The monoisotopic (exact) mass is 298 g/mol. The quantitative estimate of drug-likeness (QED) is 0.580. The topological polar surface area (TPSA) is 32.8 Å². The smallest absolute Gasteiger partial charge is 0.136 e. The van der Waals surface area contributed by atoms with Crippen LogP contribution in [-0.4, -0.2) is 67.6 Å². The molecule has 1 aliphatic heterocycles. The molecule has 4 nitrogen and oxygen atoms in total. The van der Waals surface area contributed by atoms with Gasteiger partial charge in [-0.25, -0.2) is 0 Å². The molecule has 1 aliphatic rings. The number of rotatable bonds is 10. The van der Waals surface area contributed by atoms with Gasteiger partial charge in [0, 0.05) is 51.7 Å². The summed E-state index contributed by atoms with van der Waals surface area (Å²) >= 11 is 0. The van der Waals surface area contributed by atoms with Crippen LogP contribution in [0.5, 0.6) is 0 Å². The Kier molecular flexibility index (Phi) is 9.13. The van der Waals surface area contributed by atoms with E-state index in [1.807, 2.05) is 13.8 Å². The van der Waals surface area contributed by atoms with Gasteiger partial charge in [0.1, 0.15) is 5.78 Å². The van der Waals surface area contributed by atoms with E-state index in [0.717, 1.165) is 45.8 Å². The highest BCUT2D eigenvalue weighted by Crippen LogP contribution is 2.06. The first-order valence-electron chi connectivity index (χ1n) is 8.58. The van der Waals surface area contributed by atoms with Gasteiger partial charge in [0.15, 0.2) is 0 Å². The van der Waals surface area contributed by atoms with E-state index in [-0.39, 0.29) is 5.92 Å². The molecule has 0 spiro atoms. The maximum atomic E-state index is 11.7. The fraction of sp³-hybridized carbons (Fsp3) is 0.941. The summed E-state index contributed by atoms with van der Waals surface area (Å²) in [4.78, 5) is 16.6. The molecule has 0 aromatic rings. The van der Waals surface area contributed by atoms with Crippen LogP contribution in [0.1, 0.15) is 47.0 Å². The predicted octanol–water partition coefficient (Wildman–Crippen LogP) is 2.42. The van der Waals surface area contributed by atoms with Gasteiger partial charge in [0.25, 0.3) is 0 Å². The molecular weight excluding hydrogens is 264 g/mol. The Morgan fingerprint density at radius 3 is 2.05 bits per heavy atom. The number of carbonyl (C=O) groups is 1. The van der Waals surface area contributed by atoms with Crippen LogP contribution < -0.4 is 0 Å². The zero-order valence-corrected chi connectivity index (χ0v) is 14.4. The van der Waals surface area contributed by atoms with E-state index in [1.54, 1.807) is 0 Å². The molecule has 0 aliphatic carbocycles. The Morgan fingerprint density at radius 2 is 1.52 bits per heavy atom. The zero-order chi connectivity index (χ0) is 15.7. The fourth-order valence-corrected chi connectivity index (χ4v) is 2.55. The minimum atomic E-state index is 0.180. The van der Waals surface area contributed by atoms with Crippen molar-refractivity contribution in [2.45, 2.75) is 53.1 Å². The molecule has 0 radical (unpaired) electrons. The minimum Gasteiger partial charge on any atom is -0.379 e. The van der Waals surface area contributed by atoms with Crippen molar-refractivity contribution in [2.75, 3.05) is 45.9 Å². The van der Waals surface area contributed by atoms with E-state index in [1.165, 1.54) is 13.0 Å². The standard InChI is InChI=1S/C17H34N2O2/c1-15(2)17(20)7-9-19-12-10-18(11-13-19)8-5-6-14-21-16(3)4/h15-16H,5-14H2,1-4H3. The van der Waals surface area contributed by atoms with Crippen LogP contribution in [0.25, 0.3) is 0 Å². The zero-order valence-electron chi connectivity index (χ0n) is 14.4. The molecule has 0 aromatic carbocycles. The number of ketones is 1. The molecule has 4 heteroatoms. The van der Waals surface area contributed by atoms with Crippen LogP contribution in [0.4, 0.5) is 0 Å². The van der Waals surface area contributed by atoms with Crippen LogP contribution in [0.3, 0.4) is 0 Å². The van der Waals surface area contributed by atoms with Crippen molar-refractivity contribution < 1.29 is 9.53 Å². The van der Waals surface area contributed by atoms with E-state index in [9.17, 15) is 4.79 Å². The molecule has 1 rings (SSSR count). The van der Waals surface area contributed by atoms with Gasteiger partial charge in [-0.2, -0.15) is 0 Å². The second kappa shape index (κ2) is 10.3. The fourth-order valence-electron chi connectivity index (χ4n) is 2.55. The van der Waals surface area contributed by atoms with Crippen molar-refractivity contribution in [1.29, 1.82) is 0 Å². The van der Waals surface area contributed by atoms with Crippen molar-refractivity contribution in [3.8, 4) is 0 Å². The summed E-state index contributed by atoms with van der Waals surface area (Å²) in [6.07, 6.45) is 3.44. The molecule has 0 saturated carbocycles. The molecule has 124 valence electrons. The third kappa shape index (κ3) is 8.54. The van der Waals surface area contributed by atoms with Crippen molar-refractivity contribution in [3.05, 3.63) is 0 Å². The molecule has 0 aromatic heterocycles. The van der Waals surface area contributed by atoms with E-state index in [0.29, 0.717) is 18.3 Å². The van der Waals surface area contributed by atoms with Gasteiger partial charge in [0.05, 0.1) is 6.10 Å². The van der Waals surface area contributed by atoms with Crippen LogP contribution in [0, 0.1) is 5.92 Å². The Balaban J connectivity index is 2.03. The third-order valence-electron chi connectivity index (χ3n) is 4.10.